The van der Waals surface area contributed by atoms with Crippen molar-refractivity contribution in [3.05, 3.63) is 60.2 Å². The fourth-order valence-corrected chi connectivity index (χ4v) is 2.68. The van der Waals surface area contributed by atoms with Crippen molar-refractivity contribution in [2.24, 2.45) is 0 Å². The zero-order valence-corrected chi connectivity index (χ0v) is 13.8. The zero-order valence-electron chi connectivity index (χ0n) is 13.8. The molecule has 1 N–H and O–H groups in total. The number of methoxy groups -OCH3 is 1. The predicted molar refractivity (Wildman–Crippen MR) is 91.7 cm³/mol. The maximum Gasteiger partial charge on any atom is 0.253 e. The average molecular weight is 324 g/mol. The van der Waals surface area contributed by atoms with E-state index in [0.717, 1.165) is 16.9 Å². The van der Waals surface area contributed by atoms with E-state index in [0.29, 0.717) is 18.7 Å². The minimum absolute atomic E-state index is 0.166. The molecule has 0 bridgehead atoms. The Morgan fingerprint density at radius 2 is 2.12 bits per heavy atom. The molecule has 0 fully saturated rings. The molecule has 0 radical (unpaired) electrons. The van der Waals surface area contributed by atoms with E-state index in [1.807, 2.05) is 31.2 Å². The van der Waals surface area contributed by atoms with E-state index in [-0.39, 0.29) is 11.9 Å². The molecule has 0 saturated heterocycles. The smallest absolute Gasteiger partial charge is 0.253 e. The van der Waals surface area contributed by atoms with Gasteiger partial charge < -0.3 is 14.6 Å². The molecule has 3 rings (SSSR count). The summed E-state index contributed by atoms with van der Waals surface area (Å²) < 4.78 is 7.30. The number of hydrogen-bond acceptors (Lipinski definition) is 4. The van der Waals surface area contributed by atoms with Crippen molar-refractivity contribution in [3.63, 3.8) is 0 Å². The first-order valence-electron chi connectivity index (χ1n) is 7.85. The van der Waals surface area contributed by atoms with Gasteiger partial charge in [0.2, 0.25) is 0 Å². The number of amides is 1. The van der Waals surface area contributed by atoms with Gasteiger partial charge in [-0.25, -0.2) is 4.98 Å². The number of ether oxygens (including phenoxy) is 1. The Morgan fingerprint density at radius 3 is 2.88 bits per heavy atom. The van der Waals surface area contributed by atoms with E-state index in [1.165, 1.54) is 0 Å². The lowest BCUT2D eigenvalue weighted by atomic mass is 10.2. The summed E-state index contributed by atoms with van der Waals surface area (Å²) in [7, 11) is 1.67. The standard InChI is InChI=1S/C18H20N4O2/c1-13(20-18(23)14-6-5-9-19-12-14)17-21-15-7-3-4-8-16(15)22(17)10-11-24-2/h3-9,12-13H,10-11H2,1-2H3,(H,20,23)/t13-/m0/s1. The second kappa shape index (κ2) is 7.23. The predicted octanol–water partition coefficient (Wildman–Crippen LogP) is 2.57. The highest BCUT2D eigenvalue weighted by Crippen LogP contribution is 2.21. The number of rotatable bonds is 6. The van der Waals surface area contributed by atoms with Gasteiger partial charge in [-0.2, -0.15) is 0 Å². The Balaban J connectivity index is 1.88. The quantitative estimate of drug-likeness (QED) is 0.756. The summed E-state index contributed by atoms with van der Waals surface area (Å²) in [6.45, 7) is 3.19. The van der Waals surface area contributed by atoms with Crippen LogP contribution < -0.4 is 5.32 Å². The number of hydrogen-bond donors (Lipinski definition) is 1. The van der Waals surface area contributed by atoms with Crippen LogP contribution in [-0.4, -0.2) is 34.2 Å². The van der Waals surface area contributed by atoms with Crippen molar-refractivity contribution < 1.29 is 9.53 Å². The molecule has 0 spiro atoms. The van der Waals surface area contributed by atoms with E-state index in [4.69, 9.17) is 4.74 Å². The Hall–Kier alpha value is -2.73. The van der Waals surface area contributed by atoms with Crippen LogP contribution in [0.2, 0.25) is 0 Å². The van der Waals surface area contributed by atoms with Gasteiger partial charge in [0.15, 0.2) is 0 Å². The first kappa shape index (κ1) is 16.1. The van der Waals surface area contributed by atoms with Crippen LogP contribution in [0, 0.1) is 0 Å². The maximum absolute atomic E-state index is 12.4. The number of aromatic nitrogens is 3. The van der Waals surface area contributed by atoms with Crippen molar-refractivity contribution >= 4 is 16.9 Å². The van der Waals surface area contributed by atoms with Gasteiger partial charge in [-0.3, -0.25) is 9.78 Å². The molecule has 2 aromatic heterocycles. The normalized spacial score (nSPS) is 12.2. The molecule has 0 aliphatic carbocycles. The molecule has 0 aliphatic rings. The van der Waals surface area contributed by atoms with Crippen molar-refractivity contribution in [2.45, 2.75) is 19.5 Å². The fraction of sp³-hybridized carbons (Fsp3) is 0.278. The molecule has 0 saturated carbocycles. The minimum atomic E-state index is -0.234. The molecule has 3 aromatic rings. The SMILES string of the molecule is COCCn1c([C@H](C)NC(=O)c2cccnc2)nc2ccccc21. The van der Waals surface area contributed by atoms with Crippen LogP contribution >= 0.6 is 0 Å². The largest absolute Gasteiger partial charge is 0.383 e. The summed E-state index contributed by atoms with van der Waals surface area (Å²) >= 11 is 0. The summed E-state index contributed by atoms with van der Waals surface area (Å²) in [6.07, 6.45) is 3.19. The number of nitrogens with one attached hydrogen (secondary N) is 1. The summed E-state index contributed by atoms with van der Waals surface area (Å²) in [5, 5.41) is 2.99. The first-order chi connectivity index (χ1) is 11.7. The molecule has 2 heterocycles. The number of benzene rings is 1. The zero-order chi connectivity index (χ0) is 16.9. The van der Waals surface area contributed by atoms with E-state index in [2.05, 4.69) is 19.9 Å². The number of imidazole rings is 1. The second-order valence-corrected chi connectivity index (χ2v) is 5.54. The molecule has 6 heteroatoms. The third-order valence-electron chi connectivity index (χ3n) is 3.86. The third-order valence-corrected chi connectivity index (χ3v) is 3.86. The summed E-state index contributed by atoms with van der Waals surface area (Å²) in [5.74, 6) is 0.645. The highest BCUT2D eigenvalue weighted by Gasteiger charge is 2.18. The molecule has 1 amide bonds. The third kappa shape index (κ3) is 3.28. The number of pyridine rings is 1. The topological polar surface area (TPSA) is 69.0 Å². The Bertz CT molecular complexity index is 829. The van der Waals surface area contributed by atoms with Crippen molar-refractivity contribution in [2.75, 3.05) is 13.7 Å². The molecule has 0 unspecified atom stereocenters. The van der Waals surface area contributed by atoms with Crippen LogP contribution in [0.1, 0.15) is 29.1 Å². The lowest BCUT2D eigenvalue weighted by molar-refractivity contribution is 0.0937. The summed E-state index contributed by atoms with van der Waals surface area (Å²) in [4.78, 5) is 21.0. The van der Waals surface area contributed by atoms with Gasteiger partial charge in [-0.15, -0.1) is 0 Å². The lowest BCUT2D eigenvalue weighted by Crippen LogP contribution is -2.29. The average Bonchev–Trinajstić information content (AvgIpc) is 2.99. The van der Waals surface area contributed by atoms with Crippen LogP contribution in [0.15, 0.2) is 48.8 Å². The minimum Gasteiger partial charge on any atom is -0.383 e. The highest BCUT2D eigenvalue weighted by atomic mass is 16.5. The van der Waals surface area contributed by atoms with Gasteiger partial charge in [0.1, 0.15) is 5.82 Å². The highest BCUT2D eigenvalue weighted by molar-refractivity contribution is 5.94. The van der Waals surface area contributed by atoms with Gasteiger partial charge in [-0.05, 0) is 31.2 Å². The first-order valence-corrected chi connectivity index (χ1v) is 7.85. The maximum atomic E-state index is 12.4. The fourth-order valence-electron chi connectivity index (χ4n) is 2.68. The monoisotopic (exact) mass is 324 g/mol. The van der Waals surface area contributed by atoms with Crippen molar-refractivity contribution in [1.82, 2.24) is 19.9 Å². The van der Waals surface area contributed by atoms with Gasteiger partial charge in [0, 0.05) is 26.0 Å². The Kier molecular flexibility index (Phi) is 4.86. The number of carbonyl (C=O) groups excluding carboxylic acids is 1. The van der Waals surface area contributed by atoms with E-state index >= 15 is 0 Å². The van der Waals surface area contributed by atoms with Crippen LogP contribution in [0.5, 0.6) is 0 Å². The van der Waals surface area contributed by atoms with E-state index in [9.17, 15) is 4.79 Å². The summed E-state index contributed by atoms with van der Waals surface area (Å²) in [5.41, 5.74) is 2.47. The van der Waals surface area contributed by atoms with Gasteiger partial charge in [0.05, 0.1) is 29.2 Å². The molecule has 6 nitrogen and oxygen atoms in total. The molecule has 24 heavy (non-hydrogen) atoms. The number of para-hydroxylation sites is 2. The summed E-state index contributed by atoms with van der Waals surface area (Å²) in [6, 6.07) is 11.2. The van der Waals surface area contributed by atoms with Gasteiger partial charge >= 0.3 is 0 Å². The number of carbonyl (C=O) groups is 1. The van der Waals surface area contributed by atoms with Crippen molar-refractivity contribution in [3.8, 4) is 0 Å². The van der Waals surface area contributed by atoms with Gasteiger partial charge in [-0.1, -0.05) is 12.1 Å². The molecule has 124 valence electrons. The number of nitrogens with zero attached hydrogens (tertiary/aromatic N) is 3. The Morgan fingerprint density at radius 1 is 1.29 bits per heavy atom. The van der Waals surface area contributed by atoms with E-state index in [1.54, 1.807) is 31.6 Å². The molecule has 0 aliphatic heterocycles. The van der Waals surface area contributed by atoms with Crippen LogP contribution in [0.3, 0.4) is 0 Å². The second-order valence-electron chi connectivity index (χ2n) is 5.54. The molecular weight excluding hydrogens is 304 g/mol. The lowest BCUT2D eigenvalue weighted by Gasteiger charge is -2.16. The Labute approximate surface area is 140 Å². The van der Waals surface area contributed by atoms with Crippen LogP contribution in [-0.2, 0) is 11.3 Å². The van der Waals surface area contributed by atoms with Crippen LogP contribution in [0.25, 0.3) is 11.0 Å². The molecule has 1 aromatic carbocycles. The van der Waals surface area contributed by atoms with E-state index < -0.39 is 0 Å². The molecule has 1 atom stereocenters. The number of fused-ring (bicyclic) bond motifs is 1. The van der Waals surface area contributed by atoms with Gasteiger partial charge in [0.25, 0.3) is 5.91 Å². The molecular formula is C18H20N4O2. The van der Waals surface area contributed by atoms with Crippen molar-refractivity contribution in [1.29, 1.82) is 0 Å². The van der Waals surface area contributed by atoms with Crippen LogP contribution in [0.4, 0.5) is 0 Å².